The monoisotopic (exact) mass is 337 g/mol. The molecule has 0 bridgehead atoms. The highest BCUT2D eigenvalue weighted by Gasteiger charge is 2.33. The first-order chi connectivity index (χ1) is 9.64. The lowest BCUT2D eigenvalue weighted by Crippen LogP contribution is -2.44. The van der Waals surface area contributed by atoms with Gasteiger partial charge in [0.1, 0.15) is 16.3 Å². The molecule has 1 aromatic carbocycles. The van der Waals surface area contributed by atoms with Gasteiger partial charge in [0.25, 0.3) is 15.0 Å². The average Bonchev–Trinajstić information content (AvgIpc) is 2.73. The Labute approximate surface area is 125 Å². The molecular weight excluding hydrogens is 324 g/mol. The van der Waals surface area contributed by atoms with Gasteiger partial charge in [0, 0.05) is 16.2 Å². The number of nitrogens with one attached hydrogen (secondary N) is 1. The van der Waals surface area contributed by atoms with Crippen molar-refractivity contribution in [2.45, 2.75) is 43.0 Å². The van der Waals surface area contributed by atoms with Crippen molar-refractivity contribution in [2.75, 3.05) is 0 Å². The summed E-state index contributed by atoms with van der Waals surface area (Å²) in [6.45, 7) is 1.79. The van der Waals surface area contributed by atoms with Gasteiger partial charge in [-0.15, -0.1) is 0 Å². The zero-order valence-corrected chi connectivity index (χ0v) is 12.8. The SMILES string of the molecule is CC1(NC(=O)c2c(F)ccc(S(=O)(=O)Cl)c2F)CCCC1. The maximum atomic E-state index is 14.1. The van der Waals surface area contributed by atoms with E-state index in [1.165, 1.54) is 0 Å². The fourth-order valence-corrected chi connectivity index (χ4v) is 3.45. The van der Waals surface area contributed by atoms with E-state index in [0.717, 1.165) is 12.8 Å². The number of halogens is 3. The summed E-state index contributed by atoms with van der Waals surface area (Å²) in [6.07, 6.45) is 3.24. The van der Waals surface area contributed by atoms with Crippen molar-refractivity contribution in [1.82, 2.24) is 5.32 Å². The predicted molar refractivity (Wildman–Crippen MR) is 73.7 cm³/mol. The first-order valence-corrected chi connectivity index (χ1v) is 8.70. The number of amides is 1. The van der Waals surface area contributed by atoms with Crippen LogP contribution in [-0.4, -0.2) is 19.9 Å². The van der Waals surface area contributed by atoms with Crippen molar-refractivity contribution >= 4 is 25.6 Å². The summed E-state index contributed by atoms with van der Waals surface area (Å²) in [5.41, 5.74) is -1.46. The van der Waals surface area contributed by atoms with E-state index >= 15 is 0 Å². The molecule has 8 heteroatoms. The lowest BCUT2D eigenvalue weighted by Gasteiger charge is -2.25. The Bertz CT molecular complexity index is 685. The molecule has 1 N–H and O–H groups in total. The quantitative estimate of drug-likeness (QED) is 0.862. The highest BCUT2D eigenvalue weighted by atomic mass is 35.7. The van der Waals surface area contributed by atoms with Crippen LogP contribution >= 0.6 is 10.7 Å². The smallest absolute Gasteiger partial charge is 0.264 e. The molecule has 1 aliphatic carbocycles. The summed E-state index contributed by atoms with van der Waals surface area (Å²) in [5, 5.41) is 2.58. The van der Waals surface area contributed by atoms with Crippen molar-refractivity contribution in [3.63, 3.8) is 0 Å². The Morgan fingerprint density at radius 1 is 1.29 bits per heavy atom. The van der Waals surface area contributed by atoms with Gasteiger partial charge in [-0.1, -0.05) is 12.8 Å². The normalized spacial score (nSPS) is 17.7. The van der Waals surface area contributed by atoms with Crippen LogP contribution in [-0.2, 0) is 9.05 Å². The molecule has 1 aliphatic rings. The largest absolute Gasteiger partial charge is 0.347 e. The third kappa shape index (κ3) is 3.35. The molecule has 21 heavy (non-hydrogen) atoms. The Balaban J connectivity index is 2.41. The van der Waals surface area contributed by atoms with Gasteiger partial charge in [0.05, 0.1) is 0 Å². The molecule has 4 nitrogen and oxygen atoms in total. The third-order valence-electron chi connectivity index (χ3n) is 3.67. The molecule has 0 spiro atoms. The molecule has 0 saturated heterocycles. The molecule has 0 aromatic heterocycles. The van der Waals surface area contributed by atoms with Crippen LogP contribution in [0, 0.1) is 11.6 Å². The second-order valence-corrected chi connectivity index (χ2v) is 7.93. The number of rotatable bonds is 3. The van der Waals surface area contributed by atoms with E-state index in [4.69, 9.17) is 10.7 Å². The van der Waals surface area contributed by atoms with Crippen LogP contribution < -0.4 is 5.32 Å². The highest BCUT2D eigenvalue weighted by Crippen LogP contribution is 2.30. The van der Waals surface area contributed by atoms with E-state index in [9.17, 15) is 22.0 Å². The summed E-state index contributed by atoms with van der Waals surface area (Å²) in [4.78, 5) is 11.2. The van der Waals surface area contributed by atoms with Gasteiger partial charge in [-0.05, 0) is 31.9 Å². The molecule has 0 heterocycles. The zero-order chi connectivity index (χ0) is 15.8. The molecule has 0 unspecified atom stereocenters. The summed E-state index contributed by atoms with van der Waals surface area (Å²) in [6, 6.07) is 1.41. The average molecular weight is 338 g/mol. The maximum absolute atomic E-state index is 14.1. The van der Waals surface area contributed by atoms with Crippen LogP contribution in [0.4, 0.5) is 8.78 Å². The fraction of sp³-hybridized carbons (Fsp3) is 0.462. The molecule has 1 amide bonds. The van der Waals surface area contributed by atoms with E-state index in [1.54, 1.807) is 6.92 Å². The minimum atomic E-state index is -4.40. The molecule has 116 valence electrons. The van der Waals surface area contributed by atoms with Crippen molar-refractivity contribution in [3.05, 3.63) is 29.3 Å². The topological polar surface area (TPSA) is 63.2 Å². The van der Waals surface area contributed by atoms with Gasteiger partial charge in [0.15, 0.2) is 5.82 Å². The number of hydrogen-bond acceptors (Lipinski definition) is 3. The zero-order valence-electron chi connectivity index (χ0n) is 11.3. The summed E-state index contributed by atoms with van der Waals surface area (Å²) in [7, 11) is 0.670. The van der Waals surface area contributed by atoms with Crippen LogP contribution in [0.15, 0.2) is 17.0 Å². The third-order valence-corrected chi connectivity index (χ3v) is 5.01. The van der Waals surface area contributed by atoms with Gasteiger partial charge in [-0.25, -0.2) is 17.2 Å². The molecule has 0 aliphatic heterocycles. The molecular formula is C13H14ClF2NO3S. The number of carbonyl (C=O) groups is 1. The van der Waals surface area contributed by atoms with E-state index in [2.05, 4.69) is 5.32 Å². The predicted octanol–water partition coefficient (Wildman–Crippen LogP) is 2.95. The van der Waals surface area contributed by atoms with Crippen LogP contribution in [0.3, 0.4) is 0 Å². The molecule has 1 saturated carbocycles. The minimum Gasteiger partial charge on any atom is -0.347 e. The van der Waals surface area contributed by atoms with E-state index in [1.807, 2.05) is 0 Å². The van der Waals surface area contributed by atoms with Gasteiger partial charge in [0.2, 0.25) is 0 Å². The summed E-state index contributed by atoms with van der Waals surface area (Å²) < 4.78 is 50.3. The lowest BCUT2D eigenvalue weighted by atomic mass is 10.00. The highest BCUT2D eigenvalue weighted by molar-refractivity contribution is 8.13. The Kier molecular flexibility index (Phi) is 4.26. The van der Waals surface area contributed by atoms with Crippen LogP contribution in [0.5, 0.6) is 0 Å². The van der Waals surface area contributed by atoms with Crippen LogP contribution in [0.1, 0.15) is 43.0 Å². The van der Waals surface area contributed by atoms with Crippen molar-refractivity contribution < 1.29 is 22.0 Å². The van der Waals surface area contributed by atoms with E-state index in [-0.39, 0.29) is 0 Å². The van der Waals surface area contributed by atoms with E-state index in [0.29, 0.717) is 25.0 Å². The Morgan fingerprint density at radius 3 is 2.38 bits per heavy atom. The van der Waals surface area contributed by atoms with Gasteiger partial charge in [-0.2, -0.15) is 0 Å². The minimum absolute atomic E-state index is 0.536. The van der Waals surface area contributed by atoms with Crippen LogP contribution in [0.2, 0.25) is 0 Å². The van der Waals surface area contributed by atoms with E-state index < -0.39 is 42.6 Å². The van der Waals surface area contributed by atoms with Gasteiger partial charge < -0.3 is 5.32 Å². The Hall–Kier alpha value is -1.21. The standard InChI is InChI=1S/C13H14ClF2NO3S/c1-13(6-2-3-7-13)17-12(18)10-8(15)4-5-9(11(10)16)21(14,19)20/h4-5H,2-3,6-7H2,1H3,(H,17,18). The second kappa shape index (κ2) is 5.53. The molecule has 1 aromatic rings. The summed E-state index contributed by atoms with van der Waals surface area (Å²) in [5.74, 6) is -3.57. The molecule has 1 fully saturated rings. The number of hydrogen-bond donors (Lipinski definition) is 1. The molecule has 0 atom stereocenters. The number of carbonyl (C=O) groups excluding carboxylic acids is 1. The first-order valence-electron chi connectivity index (χ1n) is 6.39. The fourth-order valence-electron chi connectivity index (χ4n) is 2.55. The number of benzene rings is 1. The summed E-state index contributed by atoms with van der Waals surface area (Å²) >= 11 is 0. The first kappa shape index (κ1) is 16.2. The lowest BCUT2D eigenvalue weighted by molar-refractivity contribution is 0.0899. The van der Waals surface area contributed by atoms with Crippen molar-refractivity contribution in [2.24, 2.45) is 0 Å². The van der Waals surface area contributed by atoms with Crippen molar-refractivity contribution in [1.29, 1.82) is 0 Å². The molecule has 0 radical (unpaired) electrons. The van der Waals surface area contributed by atoms with Gasteiger partial charge >= 0.3 is 0 Å². The molecule has 2 rings (SSSR count). The van der Waals surface area contributed by atoms with Gasteiger partial charge in [-0.3, -0.25) is 4.79 Å². The maximum Gasteiger partial charge on any atom is 0.264 e. The van der Waals surface area contributed by atoms with Crippen LogP contribution in [0.25, 0.3) is 0 Å². The second-order valence-electron chi connectivity index (χ2n) is 5.39. The van der Waals surface area contributed by atoms with Crippen molar-refractivity contribution in [3.8, 4) is 0 Å². The Morgan fingerprint density at radius 2 is 1.86 bits per heavy atom.